The minimum atomic E-state index is -4.15. The topological polar surface area (TPSA) is 32.3 Å². The Morgan fingerprint density at radius 2 is 2.16 bits per heavy atom. The van der Waals surface area contributed by atoms with E-state index < -0.39 is 12.1 Å². The molecule has 1 amide bonds. The predicted octanol–water partition coefficient (Wildman–Crippen LogP) is 2.44. The standard InChI is InChI=1S/C13H19F3N2O/c1-8-5-10(13(14,15)16)6-12-4-3-11(7-18(8)12)17-9(2)19/h6,8,10-11H,3-5,7H2,1-2H3,(H,17,19). The fourth-order valence-electron chi connectivity index (χ4n) is 2.98. The monoisotopic (exact) mass is 276 g/mol. The SMILES string of the molecule is CC(=O)NC1CCC2=CC(C(F)(F)F)CC(C)N2C1. The first kappa shape index (κ1) is 14.2. The largest absolute Gasteiger partial charge is 0.395 e. The highest BCUT2D eigenvalue weighted by molar-refractivity contribution is 5.73. The first-order valence-corrected chi connectivity index (χ1v) is 6.58. The van der Waals surface area contributed by atoms with E-state index in [1.165, 1.54) is 13.0 Å². The van der Waals surface area contributed by atoms with Crippen molar-refractivity contribution in [3.63, 3.8) is 0 Å². The minimum absolute atomic E-state index is 0.0412. The molecular weight excluding hydrogens is 257 g/mol. The van der Waals surface area contributed by atoms with Gasteiger partial charge in [0, 0.05) is 31.2 Å². The quantitative estimate of drug-likeness (QED) is 0.798. The maximum Gasteiger partial charge on any atom is 0.395 e. The zero-order valence-corrected chi connectivity index (χ0v) is 11.1. The third-order valence-electron chi connectivity index (χ3n) is 3.88. The molecule has 2 aliphatic heterocycles. The van der Waals surface area contributed by atoms with Gasteiger partial charge in [-0.3, -0.25) is 4.79 Å². The van der Waals surface area contributed by atoms with Crippen molar-refractivity contribution in [1.29, 1.82) is 0 Å². The summed E-state index contributed by atoms with van der Waals surface area (Å²) in [6, 6.07) is -0.0947. The molecule has 0 bridgehead atoms. The molecule has 6 heteroatoms. The van der Waals surface area contributed by atoms with Crippen LogP contribution in [0.4, 0.5) is 13.2 Å². The Morgan fingerprint density at radius 1 is 1.47 bits per heavy atom. The van der Waals surface area contributed by atoms with Gasteiger partial charge in [0.2, 0.25) is 5.91 Å². The van der Waals surface area contributed by atoms with Crippen LogP contribution in [-0.2, 0) is 4.79 Å². The van der Waals surface area contributed by atoms with Crippen molar-refractivity contribution >= 4 is 5.91 Å². The number of carbonyl (C=O) groups is 1. The third kappa shape index (κ3) is 3.22. The number of nitrogens with zero attached hydrogens (tertiary/aromatic N) is 1. The first-order chi connectivity index (χ1) is 8.77. The zero-order chi connectivity index (χ0) is 14.2. The molecular formula is C13H19F3N2O. The first-order valence-electron chi connectivity index (χ1n) is 6.58. The lowest BCUT2D eigenvalue weighted by atomic mass is 9.88. The third-order valence-corrected chi connectivity index (χ3v) is 3.88. The second-order valence-corrected chi connectivity index (χ2v) is 5.48. The van der Waals surface area contributed by atoms with Gasteiger partial charge in [0.05, 0.1) is 5.92 Å². The second kappa shape index (κ2) is 5.06. The second-order valence-electron chi connectivity index (χ2n) is 5.48. The fraction of sp³-hybridized carbons (Fsp3) is 0.769. The normalized spacial score (nSPS) is 31.5. The minimum Gasteiger partial charge on any atom is -0.370 e. The molecule has 0 radical (unpaired) electrons. The number of nitrogens with one attached hydrogen (secondary N) is 1. The molecule has 0 aromatic rings. The highest BCUT2D eigenvalue weighted by Gasteiger charge is 2.43. The molecule has 2 rings (SSSR count). The zero-order valence-electron chi connectivity index (χ0n) is 11.1. The van der Waals surface area contributed by atoms with E-state index >= 15 is 0 Å². The molecule has 3 unspecified atom stereocenters. The van der Waals surface area contributed by atoms with Crippen LogP contribution in [0.3, 0.4) is 0 Å². The van der Waals surface area contributed by atoms with Crippen molar-refractivity contribution in [3.05, 3.63) is 11.8 Å². The van der Waals surface area contributed by atoms with Gasteiger partial charge in [-0.2, -0.15) is 13.2 Å². The highest BCUT2D eigenvalue weighted by atomic mass is 19.4. The van der Waals surface area contributed by atoms with E-state index in [2.05, 4.69) is 5.32 Å². The summed E-state index contributed by atoms with van der Waals surface area (Å²) < 4.78 is 38.4. The van der Waals surface area contributed by atoms with Crippen LogP contribution in [-0.4, -0.2) is 35.6 Å². The van der Waals surface area contributed by atoms with Crippen molar-refractivity contribution in [1.82, 2.24) is 10.2 Å². The molecule has 3 nitrogen and oxygen atoms in total. The van der Waals surface area contributed by atoms with Crippen LogP contribution in [0.15, 0.2) is 11.8 Å². The molecule has 3 atom stereocenters. The Kier molecular flexibility index (Phi) is 3.78. The van der Waals surface area contributed by atoms with Gasteiger partial charge >= 0.3 is 6.18 Å². The number of allylic oxidation sites excluding steroid dienone is 2. The summed E-state index contributed by atoms with van der Waals surface area (Å²) >= 11 is 0. The maximum atomic E-state index is 12.8. The molecule has 0 aromatic heterocycles. The van der Waals surface area contributed by atoms with Crippen LogP contribution >= 0.6 is 0 Å². The van der Waals surface area contributed by atoms with E-state index in [9.17, 15) is 18.0 Å². The molecule has 2 aliphatic rings. The van der Waals surface area contributed by atoms with E-state index in [-0.39, 0.29) is 24.4 Å². The average molecular weight is 276 g/mol. The van der Waals surface area contributed by atoms with Gasteiger partial charge in [-0.25, -0.2) is 0 Å². The Morgan fingerprint density at radius 3 is 2.74 bits per heavy atom. The number of hydrogen-bond acceptors (Lipinski definition) is 2. The van der Waals surface area contributed by atoms with E-state index in [0.29, 0.717) is 19.4 Å². The molecule has 108 valence electrons. The molecule has 1 saturated heterocycles. The summed E-state index contributed by atoms with van der Waals surface area (Å²) in [4.78, 5) is 13.1. The molecule has 0 aliphatic carbocycles. The van der Waals surface area contributed by atoms with Gasteiger partial charge in [-0.05, 0) is 26.2 Å². The summed E-state index contributed by atoms with van der Waals surface area (Å²) in [5.41, 5.74) is 0.780. The van der Waals surface area contributed by atoms with Gasteiger partial charge < -0.3 is 10.2 Å². The number of piperidine rings is 1. The average Bonchev–Trinajstić information content (AvgIpc) is 2.27. The van der Waals surface area contributed by atoms with Crippen LogP contribution in [0, 0.1) is 5.92 Å². The van der Waals surface area contributed by atoms with Crippen LogP contribution < -0.4 is 5.32 Å². The lowest BCUT2D eigenvalue weighted by Crippen LogP contribution is -2.51. The van der Waals surface area contributed by atoms with E-state index in [1.54, 1.807) is 0 Å². The highest BCUT2D eigenvalue weighted by Crippen LogP contribution is 2.39. The Balaban J connectivity index is 2.09. The van der Waals surface area contributed by atoms with E-state index in [1.807, 2.05) is 11.8 Å². The van der Waals surface area contributed by atoms with Crippen molar-refractivity contribution in [2.45, 2.75) is 51.4 Å². The van der Waals surface area contributed by atoms with Crippen LogP contribution in [0.25, 0.3) is 0 Å². The fourth-order valence-corrected chi connectivity index (χ4v) is 2.98. The number of alkyl halides is 3. The summed E-state index contributed by atoms with van der Waals surface area (Å²) in [5.74, 6) is -1.42. The summed E-state index contributed by atoms with van der Waals surface area (Å²) in [7, 11) is 0. The predicted molar refractivity (Wildman–Crippen MR) is 65.3 cm³/mol. The van der Waals surface area contributed by atoms with Gasteiger partial charge in [0.15, 0.2) is 0 Å². The van der Waals surface area contributed by atoms with Crippen LogP contribution in [0.2, 0.25) is 0 Å². The van der Waals surface area contributed by atoms with Gasteiger partial charge in [-0.1, -0.05) is 6.08 Å². The molecule has 1 N–H and O–H groups in total. The van der Waals surface area contributed by atoms with Crippen molar-refractivity contribution < 1.29 is 18.0 Å². The molecule has 0 spiro atoms. The molecule has 1 fully saturated rings. The summed E-state index contributed by atoms with van der Waals surface area (Å²) in [6.07, 6.45) is -1.38. The number of hydrogen-bond donors (Lipinski definition) is 1. The number of rotatable bonds is 1. The van der Waals surface area contributed by atoms with Crippen molar-refractivity contribution in [2.75, 3.05) is 6.54 Å². The van der Waals surface area contributed by atoms with Crippen LogP contribution in [0.1, 0.15) is 33.1 Å². The number of fused-ring (bicyclic) bond motifs is 1. The molecule has 0 saturated carbocycles. The maximum absolute atomic E-state index is 12.8. The van der Waals surface area contributed by atoms with Gasteiger partial charge in [-0.15, -0.1) is 0 Å². The van der Waals surface area contributed by atoms with E-state index in [0.717, 1.165) is 5.70 Å². The number of halogens is 3. The Hall–Kier alpha value is -1.20. The van der Waals surface area contributed by atoms with E-state index in [4.69, 9.17) is 0 Å². The van der Waals surface area contributed by atoms with Crippen molar-refractivity contribution in [2.24, 2.45) is 5.92 Å². The molecule has 0 aromatic carbocycles. The number of amides is 1. The molecule has 2 heterocycles. The number of carbonyl (C=O) groups excluding carboxylic acids is 1. The molecule has 19 heavy (non-hydrogen) atoms. The summed E-state index contributed by atoms with van der Waals surface area (Å²) in [6.45, 7) is 3.89. The lowest BCUT2D eigenvalue weighted by Gasteiger charge is -2.45. The Labute approximate surface area is 110 Å². The van der Waals surface area contributed by atoms with Crippen LogP contribution in [0.5, 0.6) is 0 Å². The van der Waals surface area contributed by atoms with Crippen molar-refractivity contribution in [3.8, 4) is 0 Å². The van der Waals surface area contributed by atoms with Gasteiger partial charge in [0.1, 0.15) is 0 Å². The lowest BCUT2D eigenvalue weighted by molar-refractivity contribution is -0.168. The summed E-state index contributed by atoms with van der Waals surface area (Å²) in [5, 5.41) is 2.85. The van der Waals surface area contributed by atoms with Gasteiger partial charge in [0.25, 0.3) is 0 Å². The Bertz CT molecular complexity index is 392. The smallest absolute Gasteiger partial charge is 0.370 e.